The molecule has 6 heteroatoms. The fourth-order valence-electron chi connectivity index (χ4n) is 10.7. The molecule has 8 aromatic rings. The first kappa shape index (κ1) is 38.0. The average Bonchev–Trinajstić information content (AvgIpc) is 3.16. The smallest absolute Gasteiger partial charge is 0.146 e. The lowest BCUT2D eigenvalue weighted by atomic mass is 9.92. The van der Waals surface area contributed by atoms with Crippen molar-refractivity contribution >= 4 is 92.6 Å². The molecule has 0 N–H and O–H groups in total. The van der Waals surface area contributed by atoms with E-state index < -0.39 is 16.1 Å². The van der Waals surface area contributed by atoms with Crippen LogP contribution in [0, 0.1) is 22.9 Å². The Labute approximate surface area is 334 Å². The fraction of sp³-hybridized carbons (Fsp3) is 0.360. The highest BCUT2D eigenvalue weighted by Crippen LogP contribution is 2.44. The van der Waals surface area contributed by atoms with E-state index in [1.54, 1.807) is 0 Å². The van der Waals surface area contributed by atoms with E-state index in [9.17, 15) is 0 Å². The van der Waals surface area contributed by atoms with Crippen molar-refractivity contribution in [3.8, 4) is 22.9 Å². The summed E-state index contributed by atoms with van der Waals surface area (Å²) in [7, 11) is -4.32. The topological polar surface area (TPSA) is 51.6 Å². The highest BCUT2D eigenvalue weighted by atomic mass is 28.3. The second-order valence-electron chi connectivity index (χ2n) is 17.9. The number of nitrogens with zero attached hydrogens (tertiary/aromatic N) is 4. The van der Waals surface area contributed by atoms with E-state index >= 15 is 0 Å². The van der Waals surface area contributed by atoms with Crippen LogP contribution in [0.3, 0.4) is 0 Å². The number of fused-ring (bicyclic) bond motifs is 6. The molecular formula is C50H54N4Si2. The predicted octanol–water partition coefficient (Wildman–Crippen LogP) is 13.9. The summed E-state index contributed by atoms with van der Waals surface area (Å²) in [4.78, 5) is 22.3. The zero-order chi connectivity index (χ0) is 39.8. The number of rotatable bonds is 6. The Morgan fingerprint density at radius 1 is 0.375 bits per heavy atom. The molecule has 0 aliphatic heterocycles. The van der Waals surface area contributed by atoms with E-state index in [0.717, 1.165) is 66.0 Å². The van der Waals surface area contributed by atoms with Crippen molar-refractivity contribution in [1.82, 2.24) is 19.9 Å². The molecule has 56 heavy (non-hydrogen) atoms. The molecule has 2 heterocycles. The number of benzene rings is 6. The normalized spacial score (nSPS) is 13.0. The number of aromatic nitrogens is 4. The van der Waals surface area contributed by atoms with E-state index in [1.807, 2.05) is 12.1 Å². The molecule has 0 aliphatic carbocycles. The van der Waals surface area contributed by atoms with Crippen LogP contribution in [0.5, 0.6) is 0 Å². The predicted molar refractivity (Wildman–Crippen MR) is 247 cm³/mol. The highest BCUT2D eigenvalue weighted by molar-refractivity contribution is 6.91. The summed E-state index contributed by atoms with van der Waals surface area (Å²) in [5.41, 5.74) is 19.1. The first-order valence-electron chi connectivity index (χ1n) is 20.7. The lowest BCUT2D eigenvalue weighted by Crippen LogP contribution is -2.43. The SMILES string of the molecule is CC(C)[Si](C#Cc1c2nc3ccccc3nc2c(C#C[Si](C(C)C)(C(C)C)C(C)C)c2nc3c4cccc5ccc6cccc(c3nc12)c6c54)(C(C)C)C(C)C. The van der Waals surface area contributed by atoms with Crippen LogP contribution in [0.4, 0.5) is 0 Å². The average molecular weight is 767 g/mol. The number of hydrogen-bond donors (Lipinski definition) is 0. The van der Waals surface area contributed by atoms with Crippen LogP contribution in [-0.4, -0.2) is 36.1 Å². The molecule has 0 amide bonds. The Morgan fingerprint density at radius 3 is 1.05 bits per heavy atom. The largest absolute Gasteiger partial charge is 0.243 e. The van der Waals surface area contributed by atoms with Crippen molar-refractivity contribution in [2.75, 3.05) is 0 Å². The summed E-state index contributed by atoms with van der Waals surface area (Å²) in [5, 5.41) is 7.08. The minimum absolute atomic E-state index is 0.471. The maximum Gasteiger partial charge on any atom is 0.146 e. The van der Waals surface area contributed by atoms with Gasteiger partial charge in [0.1, 0.15) is 38.2 Å². The van der Waals surface area contributed by atoms with Gasteiger partial charge in [0.15, 0.2) is 0 Å². The molecule has 0 saturated heterocycles. The third kappa shape index (κ3) is 5.55. The van der Waals surface area contributed by atoms with Gasteiger partial charge in [0.2, 0.25) is 0 Å². The van der Waals surface area contributed by atoms with Gasteiger partial charge in [-0.05, 0) is 66.9 Å². The Hall–Kier alpha value is -4.89. The third-order valence-corrected chi connectivity index (χ3v) is 25.9. The highest BCUT2D eigenvalue weighted by Gasteiger charge is 2.43. The fourth-order valence-corrected chi connectivity index (χ4v) is 21.1. The molecule has 6 aromatic carbocycles. The van der Waals surface area contributed by atoms with E-state index in [2.05, 4.69) is 167 Å². The van der Waals surface area contributed by atoms with Crippen molar-refractivity contribution in [2.24, 2.45) is 0 Å². The van der Waals surface area contributed by atoms with Crippen molar-refractivity contribution in [3.63, 3.8) is 0 Å². The molecule has 0 fully saturated rings. The minimum atomic E-state index is -2.16. The number of hydrogen-bond acceptors (Lipinski definition) is 4. The van der Waals surface area contributed by atoms with Gasteiger partial charge >= 0.3 is 0 Å². The van der Waals surface area contributed by atoms with Gasteiger partial charge in [0, 0.05) is 10.8 Å². The molecule has 0 bridgehead atoms. The first-order chi connectivity index (χ1) is 26.7. The second-order valence-corrected chi connectivity index (χ2v) is 29.1. The summed E-state index contributed by atoms with van der Waals surface area (Å²) in [6, 6.07) is 25.7. The third-order valence-electron chi connectivity index (χ3n) is 13.3. The Kier molecular flexibility index (Phi) is 9.46. The minimum Gasteiger partial charge on any atom is -0.243 e. The maximum atomic E-state index is 5.73. The van der Waals surface area contributed by atoms with Gasteiger partial charge in [-0.2, -0.15) is 0 Å². The van der Waals surface area contributed by atoms with Crippen molar-refractivity contribution in [1.29, 1.82) is 0 Å². The molecule has 0 unspecified atom stereocenters. The standard InChI is InChI=1S/C50H54N4Si2/c1-29(2)55(30(3)4,31(5)6)27-25-39-47-48(52-42-22-14-13-21-41(42)51-47)40(26-28-56(32(7)8,33(9)10)34(11)12)50-49(39)53-45-37-19-15-17-35-23-24-36-18-16-20-38(46(45)54-50)44(36)43(35)37/h13-24,29-34H,1-12H3. The van der Waals surface area contributed by atoms with Crippen molar-refractivity contribution in [2.45, 2.75) is 116 Å². The number of para-hydroxylation sites is 2. The molecule has 0 radical (unpaired) electrons. The Balaban J connectivity index is 1.65. The van der Waals surface area contributed by atoms with Crippen LogP contribution in [0.15, 0.2) is 72.8 Å². The summed E-state index contributed by atoms with van der Waals surface area (Å²) in [6.07, 6.45) is 0. The first-order valence-corrected chi connectivity index (χ1v) is 25.1. The summed E-state index contributed by atoms with van der Waals surface area (Å²) < 4.78 is 0. The molecular weight excluding hydrogens is 713 g/mol. The summed E-state index contributed by atoms with van der Waals surface area (Å²) >= 11 is 0. The van der Waals surface area contributed by atoms with Crippen molar-refractivity contribution < 1.29 is 0 Å². The van der Waals surface area contributed by atoms with E-state index in [4.69, 9.17) is 19.9 Å². The molecule has 2 aromatic heterocycles. The molecule has 0 aliphatic rings. The van der Waals surface area contributed by atoms with Gasteiger partial charge in [0.25, 0.3) is 0 Å². The summed E-state index contributed by atoms with van der Waals surface area (Å²) in [6.45, 7) is 28.4. The van der Waals surface area contributed by atoms with Crippen LogP contribution in [0.2, 0.25) is 33.2 Å². The van der Waals surface area contributed by atoms with Crippen LogP contribution in [-0.2, 0) is 0 Å². The van der Waals surface area contributed by atoms with Crippen molar-refractivity contribution in [3.05, 3.63) is 83.9 Å². The monoisotopic (exact) mass is 766 g/mol. The van der Waals surface area contributed by atoms with Crippen LogP contribution in [0.25, 0.3) is 76.5 Å². The molecule has 0 saturated carbocycles. The van der Waals surface area contributed by atoms with Gasteiger partial charge in [-0.1, -0.05) is 156 Å². The van der Waals surface area contributed by atoms with Gasteiger partial charge in [-0.3, -0.25) is 0 Å². The van der Waals surface area contributed by atoms with Gasteiger partial charge in [-0.25, -0.2) is 19.9 Å². The Morgan fingerprint density at radius 2 is 0.714 bits per heavy atom. The lowest BCUT2D eigenvalue weighted by Gasteiger charge is -2.38. The van der Waals surface area contributed by atoms with Gasteiger partial charge in [0.05, 0.1) is 33.2 Å². The summed E-state index contributed by atoms with van der Waals surface area (Å²) in [5.74, 6) is 7.74. The molecule has 0 spiro atoms. The van der Waals surface area contributed by atoms with Crippen LogP contribution >= 0.6 is 0 Å². The second kappa shape index (κ2) is 13.9. The quantitative estimate of drug-likeness (QED) is 0.0732. The maximum absolute atomic E-state index is 5.73. The lowest BCUT2D eigenvalue weighted by molar-refractivity contribution is 0.838. The Bertz CT molecular complexity index is 2730. The zero-order valence-corrected chi connectivity index (χ0v) is 37.2. The van der Waals surface area contributed by atoms with E-state index in [0.29, 0.717) is 33.2 Å². The van der Waals surface area contributed by atoms with Gasteiger partial charge in [-0.15, -0.1) is 11.1 Å². The van der Waals surface area contributed by atoms with Gasteiger partial charge < -0.3 is 0 Å². The molecule has 4 nitrogen and oxygen atoms in total. The molecule has 0 atom stereocenters. The van der Waals surface area contributed by atoms with E-state index in [1.165, 1.54) is 21.5 Å². The van der Waals surface area contributed by atoms with Crippen LogP contribution < -0.4 is 0 Å². The van der Waals surface area contributed by atoms with E-state index in [-0.39, 0.29) is 0 Å². The van der Waals surface area contributed by atoms with Crippen LogP contribution in [0.1, 0.15) is 94.2 Å². The zero-order valence-electron chi connectivity index (χ0n) is 35.2. The molecule has 8 rings (SSSR count). The molecule has 282 valence electrons.